The molecule has 5 heteroatoms. The van der Waals surface area contributed by atoms with Crippen LogP contribution in [0.3, 0.4) is 0 Å². The summed E-state index contributed by atoms with van der Waals surface area (Å²) in [5, 5.41) is 10.5. The SMILES string of the molecule is CCCN(CCBr)C(=O)c1cc(I)ccc1O. The highest BCUT2D eigenvalue weighted by Crippen LogP contribution is 2.21. The van der Waals surface area contributed by atoms with Gasteiger partial charge in [-0.05, 0) is 47.2 Å². The van der Waals surface area contributed by atoms with Crippen molar-refractivity contribution in [1.29, 1.82) is 0 Å². The highest BCUT2D eigenvalue weighted by Gasteiger charge is 2.18. The number of alkyl halides is 1. The molecule has 0 heterocycles. The Hall–Kier alpha value is -0.300. The third-order valence-corrected chi connectivity index (χ3v) is 3.35. The highest BCUT2D eigenvalue weighted by molar-refractivity contribution is 14.1. The second kappa shape index (κ2) is 7.20. The van der Waals surface area contributed by atoms with Crippen molar-refractivity contribution in [2.45, 2.75) is 13.3 Å². The average molecular weight is 412 g/mol. The van der Waals surface area contributed by atoms with Gasteiger partial charge in [0.1, 0.15) is 5.75 Å². The van der Waals surface area contributed by atoms with Crippen LogP contribution >= 0.6 is 38.5 Å². The van der Waals surface area contributed by atoms with Gasteiger partial charge in [0.2, 0.25) is 0 Å². The zero-order valence-corrected chi connectivity index (χ0v) is 13.4. The van der Waals surface area contributed by atoms with E-state index in [0.29, 0.717) is 18.7 Å². The molecule has 1 N–H and O–H groups in total. The predicted octanol–water partition coefficient (Wildman–Crippen LogP) is 3.24. The van der Waals surface area contributed by atoms with E-state index in [-0.39, 0.29) is 11.7 Å². The molecule has 0 unspecified atom stereocenters. The predicted molar refractivity (Wildman–Crippen MR) is 80.8 cm³/mol. The number of carbonyl (C=O) groups excluding carboxylic acids is 1. The number of halogens is 2. The van der Waals surface area contributed by atoms with Gasteiger partial charge in [0.15, 0.2) is 0 Å². The number of benzene rings is 1. The zero-order valence-electron chi connectivity index (χ0n) is 9.62. The third-order valence-electron chi connectivity index (χ3n) is 2.32. The fourth-order valence-corrected chi connectivity index (χ4v) is 2.46. The molecular formula is C12H15BrINO2. The quantitative estimate of drug-likeness (QED) is 0.596. The molecule has 0 spiro atoms. The van der Waals surface area contributed by atoms with Gasteiger partial charge in [0, 0.05) is 22.0 Å². The minimum Gasteiger partial charge on any atom is -0.507 e. The van der Waals surface area contributed by atoms with E-state index in [0.717, 1.165) is 15.3 Å². The molecule has 94 valence electrons. The Labute approximate surface area is 123 Å². The van der Waals surface area contributed by atoms with Crippen molar-refractivity contribution in [3.05, 3.63) is 27.3 Å². The van der Waals surface area contributed by atoms with Crippen LogP contribution in [0.5, 0.6) is 5.75 Å². The van der Waals surface area contributed by atoms with Crippen molar-refractivity contribution in [2.24, 2.45) is 0 Å². The van der Waals surface area contributed by atoms with E-state index in [1.165, 1.54) is 0 Å². The highest BCUT2D eigenvalue weighted by atomic mass is 127. The Kier molecular flexibility index (Phi) is 6.26. The first-order valence-corrected chi connectivity index (χ1v) is 7.64. The van der Waals surface area contributed by atoms with Gasteiger partial charge in [-0.15, -0.1) is 0 Å². The van der Waals surface area contributed by atoms with Crippen LogP contribution in [0.2, 0.25) is 0 Å². The van der Waals surface area contributed by atoms with Crippen LogP contribution in [0, 0.1) is 3.57 Å². The lowest BCUT2D eigenvalue weighted by atomic mass is 10.1. The van der Waals surface area contributed by atoms with Crippen LogP contribution in [0.1, 0.15) is 23.7 Å². The van der Waals surface area contributed by atoms with Crippen LogP contribution < -0.4 is 0 Å². The summed E-state index contributed by atoms with van der Waals surface area (Å²) in [6.07, 6.45) is 0.906. The van der Waals surface area contributed by atoms with E-state index >= 15 is 0 Å². The van der Waals surface area contributed by atoms with Crippen molar-refractivity contribution in [3.63, 3.8) is 0 Å². The molecule has 0 aliphatic carbocycles. The maximum absolute atomic E-state index is 12.2. The fraction of sp³-hybridized carbons (Fsp3) is 0.417. The monoisotopic (exact) mass is 411 g/mol. The first-order valence-electron chi connectivity index (χ1n) is 5.44. The van der Waals surface area contributed by atoms with E-state index in [1.807, 2.05) is 6.92 Å². The largest absolute Gasteiger partial charge is 0.507 e. The van der Waals surface area contributed by atoms with Crippen LogP contribution in [-0.2, 0) is 0 Å². The summed E-state index contributed by atoms with van der Waals surface area (Å²) < 4.78 is 0.944. The summed E-state index contributed by atoms with van der Waals surface area (Å²) in [5.41, 5.74) is 0.381. The molecule has 0 aromatic heterocycles. The Morgan fingerprint density at radius 1 is 1.47 bits per heavy atom. The van der Waals surface area contributed by atoms with Crippen molar-refractivity contribution in [2.75, 3.05) is 18.4 Å². The molecule has 0 atom stereocenters. The smallest absolute Gasteiger partial charge is 0.257 e. The van der Waals surface area contributed by atoms with E-state index in [9.17, 15) is 9.90 Å². The van der Waals surface area contributed by atoms with Gasteiger partial charge in [-0.1, -0.05) is 22.9 Å². The third kappa shape index (κ3) is 4.13. The van der Waals surface area contributed by atoms with Crippen molar-refractivity contribution in [3.8, 4) is 5.75 Å². The Balaban J connectivity index is 2.95. The maximum Gasteiger partial charge on any atom is 0.257 e. The van der Waals surface area contributed by atoms with Crippen LogP contribution in [0.15, 0.2) is 18.2 Å². The Morgan fingerprint density at radius 2 is 2.18 bits per heavy atom. The lowest BCUT2D eigenvalue weighted by Gasteiger charge is -2.21. The summed E-state index contributed by atoms with van der Waals surface area (Å²) in [7, 11) is 0. The van der Waals surface area contributed by atoms with E-state index in [1.54, 1.807) is 23.1 Å². The molecule has 0 aliphatic rings. The number of rotatable bonds is 5. The molecule has 1 rings (SSSR count). The van der Waals surface area contributed by atoms with Crippen LogP contribution in [0.25, 0.3) is 0 Å². The average Bonchev–Trinajstić information content (AvgIpc) is 2.31. The van der Waals surface area contributed by atoms with Gasteiger partial charge in [-0.2, -0.15) is 0 Å². The molecule has 17 heavy (non-hydrogen) atoms. The number of hydrogen-bond donors (Lipinski definition) is 1. The molecule has 0 saturated carbocycles. The number of hydrogen-bond acceptors (Lipinski definition) is 2. The second-order valence-corrected chi connectivity index (χ2v) is 5.68. The number of nitrogens with zero attached hydrogens (tertiary/aromatic N) is 1. The van der Waals surface area contributed by atoms with Crippen LogP contribution in [0.4, 0.5) is 0 Å². The van der Waals surface area contributed by atoms with Crippen LogP contribution in [-0.4, -0.2) is 34.3 Å². The standard InChI is InChI=1S/C12H15BrINO2/c1-2-6-15(7-5-13)12(17)10-8-9(14)3-4-11(10)16/h3-4,8,16H,2,5-7H2,1H3. The number of phenolic OH excluding ortho intramolecular Hbond substituents is 1. The molecule has 0 aliphatic heterocycles. The topological polar surface area (TPSA) is 40.5 Å². The normalized spacial score (nSPS) is 10.3. The lowest BCUT2D eigenvalue weighted by molar-refractivity contribution is 0.0763. The number of aromatic hydroxyl groups is 1. The summed E-state index contributed by atoms with van der Waals surface area (Å²) in [4.78, 5) is 14.0. The molecular weight excluding hydrogens is 397 g/mol. The van der Waals surface area contributed by atoms with Crippen molar-refractivity contribution in [1.82, 2.24) is 4.90 Å². The molecule has 3 nitrogen and oxygen atoms in total. The maximum atomic E-state index is 12.2. The zero-order chi connectivity index (χ0) is 12.8. The molecule has 0 radical (unpaired) electrons. The van der Waals surface area contributed by atoms with Crippen molar-refractivity contribution < 1.29 is 9.90 Å². The van der Waals surface area contributed by atoms with E-state index in [4.69, 9.17) is 0 Å². The molecule has 1 aromatic carbocycles. The second-order valence-electron chi connectivity index (χ2n) is 3.64. The number of amides is 1. The summed E-state index contributed by atoms with van der Waals surface area (Å²) in [6.45, 7) is 3.38. The molecule has 0 bridgehead atoms. The van der Waals surface area contributed by atoms with E-state index in [2.05, 4.69) is 38.5 Å². The lowest BCUT2D eigenvalue weighted by Crippen LogP contribution is -2.33. The van der Waals surface area contributed by atoms with Crippen molar-refractivity contribution >= 4 is 44.4 Å². The van der Waals surface area contributed by atoms with Gasteiger partial charge >= 0.3 is 0 Å². The fourth-order valence-electron chi connectivity index (χ4n) is 1.54. The Bertz CT molecular complexity index is 392. The minimum atomic E-state index is -0.109. The number of carbonyl (C=O) groups is 1. The van der Waals surface area contributed by atoms with Gasteiger partial charge < -0.3 is 10.0 Å². The summed E-state index contributed by atoms with van der Waals surface area (Å²) in [6, 6.07) is 5.06. The molecule has 0 fully saturated rings. The minimum absolute atomic E-state index is 0.0473. The summed E-state index contributed by atoms with van der Waals surface area (Å²) >= 11 is 5.47. The first-order chi connectivity index (χ1) is 8.10. The van der Waals surface area contributed by atoms with Gasteiger partial charge in [0.25, 0.3) is 5.91 Å². The number of phenols is 1. The summed E-state index contributed by atoms with van der Waals surface area (Å²) in [5.74, 6) is -0.0617. The Morgan fingerprint density at radius 3 is 2.76 bits per heavy atom. The van der Waals surface area contributed by atoms with E-state index < -0.39 is 0 Å². The molecule has 1 amide bonds. The van der Waals surface area contributed by atoms with Gasteiger partial charge in [0.05, 0.1) is 5.56 Å². The molecule has 1 aromatic rings. The van der Waals surface area contributed by atoms with Gasteiger partial charge in [-0.3, -0.25) is 4.79 Å². The molecule has 0 saturated heterocycles. The first kappa shape index (κ1) is 14.8. The van der Waals surface area contributed by atoms with Gasteiger partial charge in [-0.25, -0.2) is 0 Å².